The Kier molecular flexibility index (Phi) is 6.37. The topological polar surface area (TPSA) is 52.7 Å². The normalized spacial score (nSPS) is 15.2. The van der Waals surface area contributed by atoms with E-state index in [4.69, 9.17) is 0 Å². The first kappa shape index (κ1) is 14.5. The summed E-state index contributed by atoms with van der Waals surface area (Å²) in [5, 5.41) is 14.7. The van der Waals surface area contributed by atoms with Crippen molar-refractivity contribution in [3.05, 3.63) is 17.0 Å². The van der Waals surface area contributed by atoms with Gasteiger partial charge in [0.15, 0.2) is 0 Å². The number of nitrogens with zero attached hydrogens (tertiary/aromatic N) is 1. The molecule has 1 aromatic heterocycles. The molecule has 0 spiro atoms. The van der Waals surface area contributed by atoms with Crippen molar-refractivity contribution in [1.29, 1.82) is 0 Å². The molecule has 1 aliphatic rings. The standard InChI is InChI=1S/C15H28N4/c1-2-9-16-10-6-11-17-12-15-13-7-4-3-5-8-14(13)18-19-15/h16-17H,2-12H2,1H3,(H,18,19). The second-order valence-corrected chi connectivity index (χ2v) is 5.47. The zero-order valence-corrected chi connectivity index (χ0v) is 12.2. The zero-order chi connectivity index (χ0) is 13.3. The molecule has 0 aliphatic heterocycles. The van der Waals surface area contributed by atoms with Crippen LogP contribution >= 0.6 is 0 Å². The fourth-order valence-corrected chi connectivity index (χ4v) is 2.72. The van der Waals surface area contributed by atoms with Crippen molar-refractivity contribution in [2.75, 3.05) is 19.6 Å². The lowest BCUT2D eigenvalue weighted by Crippen LogP contribution is -2.22. The van der Waals surface area contributed by atoms with Gasteiger partial charge < -0.3 is 10.6 Å². The summed E-state index contributed by atoms with van der Waals surface area (Å²) in [6.07, 6.45) is 8.79. The van der Waals surface area contributed by atoms with Crippen LogP contribution in [0.1, 0.15) is 56.0 Å². The second-order valence-electron chi connectivity index (χ2n) is 5.47. The summed E-state index contributed by atoms with van der Waals surface area (Å²) in [6, 6.07) is 0. The van der Waals surface area contributed by atoms with Crippen molar-refractivity contribution in [3.63, 3.8) is 0 Å². The van der Waals surface area contributed by atoms with E-state index in [0.717, 1.165) is 26.2 Å². The van der Waals surface area contributed by atoms with Crippen LogP contribution in [0.4, 0.5) is 0 Å². The molecule has 108 valence electrons. The fourth-order valence-electron chi connectivity index (χ4n) is 2.72. The molecule has 0 saturated carbocycles. The molecule has 0 bridgehead atoms. The Labute approximate surface area is 116 Å². The summed E-state index contributed by atoms with van der Waals surface area (Å²) in [5.74, 6) is 0. The van der Waals surface area contributed by atoms with Crippen LogP contribution in [0.15, 0.2) is 0 Å². The van der Waals surface area contributed by atoms with Gasteiger partial charge in [-0.3, -0.25) is 5.10 Å². The number of fused-ring (bicyclic) bond motifs is 1. The van der Waals surface area contributed by atoms with Gasteiger partial charge in [0.25, 0.3) is 0 Å². The molecule has 0 atom stereocenters. The predicted molar refractivity (Wildman–Crippen MR) is 79.3 cm³/mol. The SMILES string of the molecule is CCCNCCCNCc1n[nH]c2c1CCCCC2. The van der Waals surface area contributed by atoms with Crippen molar-refractivity contribution in [1.82, 2.24) is 20.8 Å². The van der Waals surface area contributed by atoms with Crippen LogP contribution < -0.4 is 10.6 Å². The van der Waals surface area contributed by atoms with Gasteiger partial charge in [0.05, 0.1) is 5.69 Å². The highest BCUT2D eigenvalue weighted by atomic mass is 15.1. The molecule has 4 nitrogen and oxygen atoms in total. The third kappa shape index (κ3) is 4.62. The Morgan fingerprint density at radius 1 is 1.05 bits per heavy atom. The van der Waals surface area contributed by atoms with Crippen molar-refractivity contribution < 1.29 is 0 Å². The molecule has 3 N–H and O–H groups in total. The van der Waals surface area contributed by atoms with Gasteiger partial charge in [-0.2, -0.15) is 5.10 Å². The molecule has 0 saturated heterocycles. The minimum absolute atomic E-state index is 0.916. The number of rotatable bonds is 8. The monoisotopic (exact) mass is 264 g/mol. The average Bonchev–Trinajstić information content (AvgIpc) is 2.66. The van der Waals surface area contributed by atoms with Gasteiger partial charge in [0, 0.05) is 12.2 Å². The van der Waals surface area contributed by atoms with Crippen LogP contribution in [0.3, 0.4) is 0 Å². The molecule has 2 rings (SSSR count). The highest BCUT2D eigenvalue weighted by molar-refractivity contribution is 5.26. The van der Waals surface area contributed by atoms with Crippen molar-refractivity contribution in [3.8, 4) is 0 Å². The predicted octanol–water partition coefficient (Wildman–Crippen LogP) is 2.16. The molecule has 19 heavy (non-hydrogen) atoms. The summed E-state index contributed by atoms with van der Waals surface area (Å²) in [5.41, 5.74) is 4.13. The van der Waals surface area contributed by atoms with E-state index in [2.05, 4.69) is 27.8 Å². The van der Waals surface area contributed by atoms with Crippen LogP contribution in [0, 0.1) is 0 Å². The first-order chi connectivity index (χ1) is 9.42. The Balaban J connectivity index is 1.67. The van der Waals surface area contributed by atoms with E-state index in [-0.39, 0.29) is 0 Å². The number of aromatic amines is 1. The number of hydrogen-bond donors (Lipinski definition) is 3. The molecule has 0 fully saturated rings. The molecular formula is C15H28N4. The summed E-state index contributed by atoms with van der Waals surface area (Å²) in [6.45, 7) is 6.43. The van der Waals surface area contributed by atoms with E-state index >= 15 is 0 Å². The van der Waals surface area contributed by atoms with Crippen LogP contribution in [0.25, 0.3) is 0 Å². The van der Waals surface area contributed by atoms with Crippen LogP contribution in [-0.2, 0) is 19.4 Å². The van der Waals surface area contributed by atoms with Crippen LogP contribution in [-0.4, -0.2) is 29.8 Å². The van der Waals surface area contributed by atoms with Gasteiger partial charge in [-0.05, 0) is 63.7 Å². The van der Waals surface area contributed by atoms with Crippen LogP contribution in [0.2, 0.25) is 0 Å². The first-order valence-electron chi connectivity index (χ1n) is 7.88. The molecule has 4 heteroatoms. The van der Waals surface area contributed by atoms with E-state index in [9.17, 15) is 0 Å². The molecule has 0 radical (unpaired) electrons. The molecule has 0 amide bonds. The molecule has 1 aliphatic carbocycles. The molecule has 0 aromatic carbocycles. The number of aromatic nitrogens is 2. The van der Waals surface area contributed by atoms with E-state index in [1.54, 1.807) is 0 Å². The third-order valence-electron chi connectivity index (χ3n) is 3.82. The number of hydrogen-bond acceptors (Lipinski definition) is 3. The lowest BCUT2D eigenvalue weighted by Gasteiger charge is -2.06. The molecule has 1 aromatic rings. The minimum Gasteiger partial charge on any atom is -0.317 e. The lowest BCUT2D eigenvalue weighted by molar-refractivity contribution is 0.586. The zero-order valence-electron chi connectivity index (χ0n) is 12.2. The highest BCUT2D eigenvalue weighted by Crippen LogP contribution is 2.21. The number of nitrogens with one attached hydrogen (secondary N) is 3. The second kappa shape index (κ2) is 8.33. The summed E-state index contributed by atoms with van der Waals surface area (Å²) in [7, 11) is 0. The van der Waals surface area contributed by atoms with Gasteiger partial charge in [-0.25, -0.2) is 0 Å². The maximum atomic E-state index is 4.48. The summed E-state index contributed by atoms with van der Waals surface area (Å²) in [4.78, 5) is 0. The van der Waals surface area contributed by atoms with Gasteiger partial charge in [0.1, 0.15) is 0 Å². The minimum atomic E-state index is 0.916. The Hall–Kier alpha value is -0.870. The third-order valence-corrected chi connectivity index (χ3v) is 3.82. The van der Waals surface area contributed by atoms with Gasteiger partial charge in [0.2, 0.25) is 0 Å². The van der Waals surface area contributed by atoms with Gasteiger partial charge >= 0.3 is 0 Å². The van der Waals surface area contributed by atoms with Crippen molar-refractivity contribution >= 4 is 0 Å². The van der Waals surface area contributed by atoms with Crippen molar-refractivity contribution in [2.24, 2.45) is 0 Å². The lowest BCUT2D eigenvalue weighted by atomic mass is 10.1. The summed E-state index contributed by atoms with van der Waals surface area (Å²) >= 11 is 0. The Bertz CT molecular complexity index is 359. The van der Waals surface area contributed by atoms with E-state index in [0.29, 0.717) is 0 Å². The molecule has 0 unspecified atom stereocenters. The maximum absolute atomic E-state index is 4.48. The van der Waals surface area contributed by atoms with Crippen molar-refractivity contribution in [2.45, 2.75) is 58.4 Å². The number of aryl methyl sites for hydroxylation is 1. The van der Waals surface area contributed by atoms with Gasteiger partial charge in [-0.1, -0.05) is 13.3 Å². The molecular weight excluding hydrogens is 236 g/mol. The number of H-pyrrole nitrogens is 1. The maximum Gasteiger partial charge on any atom is 0.0794 e. The first-order valence-corrected chi connectivity index (χ1v) is 7.88. The Morgan fingerprint density at radius 2 is 1.89 bits per heavy atom. The Morgan fingerprint density at radius 3 is 2.79 bits per heavy atom. The highest BCUT2D eigenvalue weighted by Gasteiger charge is 2.14. The average molecular weight is 264 g/mol. The van der Waals surface area contributed by atoms with Crippen LogP contribution in [0.5, 0.6) is 0 Å². The van der Waals surface area contributed by atoms with E-state index in [1.807, 2.05) is 0 Å². The quantitative estimate of drug-likeness (QED) is 0.498. The summed E-state index contributed by atoms with van der Waals surface area (Å²) < 4.78 is 0. The van der Waals surface area contributed by atoms with Gasteiger partial charge in [-0.15, -0.1) is 0 Å². The molecule has 1 heterocycles. The largest absolute Gasteiger partial charge is 0.317 e. The fraction of sp³-hybridized carbons (Fsp3) is 0.800. The van der Waals surface area contributed by atoms with E-state index < -0.39 is 0 Å². The smallest absolute Gasteiger partial charge is 0.0794 e. The van der Waals surface area contributed by atoms with E-state index in [1.165, 1.54) is 61.9 Å².